The van der Waals surface area contributed by atoms with Crippen molar-refractivity contribution in [2.75, 3.05) is 19.8 Å². The number of carbonyl (C=O) groups excluding carboxylic acids is 2. The molecular weight excluding hydrogens is 717 g/mol. The summed E-state index contributed by atoms with van der Waals surface area (Å²) in [5.41, 5.74) is 0. The second kappa shape index (κ2) is 49.2. The Hall–Kier alpha value is -2.14. The van der Waals surface area contributed by atoms with Crippen LogP contribution in [-0.4, -0.2) is 37.9 Å². The van der Waals surface area contributed by atoms with Gasteiger partial charge in [0.2, 0.25) is 0 Å². The molecule has 0 radical (unpaired) electrons. The number of hydrogen-bond acceptors (Lipinski definition) is 5. The van der Waals surface area contributed by atoms with Crippen LogP contribution in [0.4, 0.5) is 0 Å². The van der Waals surface area contributed by atoms with Gasteiger partial charge in [-0.05, 0) is 96.3 Å². The third kappa shape index (κ3) is 46.5. The Bertz CT molecular complexity index is 966. The minimum atomic E-state index is -0.547. The van der Waals surface area contributed by atoms with Gasteiger partial charge in [0.25, 0.3) is 0 Å². The van der Waals surface area contributed by atoms with Crippen molar-refractivity contribution < 1.29 is 23.8 Å². The number of allylic oxidation sites excluding steroid dienone is 8. The molecule has 0 aliphatic heterocycles. The minimum Gasteiger partial charge on any atom is -0.462 e. The van der Waals surface area contributed by atoms with Gasteiger partial charge in [0.1, 0.15) is 6.61 Å². The molecule has 0 aromatic heterocycles. The highest BCUT2D eigenvalue weighted by atomic mass is 16.6. The molecule has 0 saturated heterocycles. The average Bonchev–Trinajstić information content (AvgIpc) is 3.22. The minimum absolute atomic E-state index is 0.0746. The zero-order valence-electron chi connectivity index (χ0n) is 38.8. The van der Waals surface area contributed by atoms with Crippen LogP contribution in [0.15, 0.2) is 48.6 Å². The van der Waals surface area contributed by atoms with E-state index in [-0.39, 0.29) is 25.2 Å². The molecule has 0 fully saturated rings. The first kappa shape index (κ1) is 55.9. The Morgan fingerprint density at radius 1 is 0.379 bits per heavy atom. The molecule has 0 amide bonds. The van der Waals surface area contributed by atoms with Crippen molar-refractivity contribution in [2.45, 2.75) is 258 Å². The lowest BCUT2D eigenvalue weighted by atomic mass is 10.1. The first-order valence-electron chi connectivity index (χ1n) is 25.2. The molecule has 0 bridgehead atoms. The first-order chi connectivity index (χ1) is 28.6. The fourth-order valence-electron chi connectivity index (χ4n) is 7.01. The highest BCUT2D eigenvalue weighted by Crippen LogP contribution is 2.14. The summed E-state index contributed by atoms with van der Waals surface area (Å²) in [6.45, 7) is 7.73. The van der Waals surface area contributed by atoms with E-state index in [1.807, 2.05) is 0 Å². The van der Waals surface area contributed by atoms with Crippen LogP contribution < -0.4 is 0 Å². The zero-order chi connectivity index (χ0) is 42.1. The van der Waals surface area contributed by atoms with Gasteiger partial charge < -0.3 is 14.2 Å². The van der Waals surface area contributed by atoms with Crippen molar-refractivity contribution in [3.63, 3.8) is 0 Å². The van der Waals surface area contributed by atoms with Crippen LogP contribution in [0.2, 0.25) is 0 Å². The van der Waals surface area contributed by atoms with Crippen molar-refractivity contribution in [1.29, 1.82) is 0 Å². The summed E-state index contributed by atoms with van der Waals surface area (Å²) >= 11 is 0. The third-order valence-corrected chi connectivity index (χ3v) is 10.8. The standard InChI is InChI=1S/C53H96O5/c1-4-7-10-13-16-19-22-25-27-29-31-34-37-40-43-46-52(54)57-50-51(49-56-48-45-42-39-36-33-30-26-23-20-17-14-11-8-5-2)58-53(55)47-44-41-38-35-32-28-24-21-18-15-12-9-6-3/h11,14,20-21,23-25,27,51H,4-10,12-13,15-19,22,26,28-50H2,1-3H3/b14-11-,23-20-,24-21-,27-25-. The second-order valence-corrected chi connectivity index (χ2v) is 16.7. The van der Waals surface area contributed by atoms with Gasteiger partial charge in [-0.1, -0.05) is 191 Å². The van der Waals surface area contributed by atoms with Crippen LogP contribution in [0.1, 0.15) is 252 Å². The van der Waals surface area contributed by atoms with E-state index in [2.05, 4.69) is 69.4 Å². The summed E-state index contributed by atoms with van der Waals surface area (Å²) in [7, 11) is 0. The van der Waals surface area contributed by atoms with Crippen LogP contribution >= 0.6 is 0 Å². The number of unbranched alkanes of at least 4 members (excludes halogenated alkanes) is 27. The van der Waals surface area contributed by atoms with E-state index in [9.17, 15) is 9.59 Å². The molecule has 0 aliphatic rings. The van der Waals surface area contributed by atoms with Gasteiger partial charge in [0.05, 0.1) is 6.61 Å². The molecule has 1 atom stereocenters. The predicted octanol–water partition coefficient (Wildman–Crippen LogP) is 16.8. The van der Waals surface area contributed by atoms with E-state index in [0.717, 1.165) is 70.6 Å². The fourth-order valence-corrected chi connectivity index (χ4v) is 7.01. The van der Waals surface area contributed by atoms with Crippen molar-refractivity contribution >= 4 is 11.9 Å². The number of esters is 2. The summed E-state index contributed by atoms with van der Waals surface area (Å²) in [5.74, 6) is -0.417. The Kier molecular flexibility index (Phi) is 47.4. The maximum Gasteiger partial charge on any atom is 0.306 e. The Labute approximate surface area is 361 Å². The van der Waals surface area contributed by atoms with Gasteiger partial charge in [-0.25, -0.2) is 0 Å². The third-order valence-electron chi connectivity index (χ3n) is 10.8. The van der Waals surface area contributed by atoms with Gasteiger partial charge >= 0.3 is 11.9 Å². The summed E-state index contributed by atoms with van der Waals surface area (Å²) in [4.78, 5) is 25.3. The molecule has 0 rings (SSSR count). The molecule has 0 spiro atoms. The second-order valence-electron chi connectivity index (χ2n) is 16.7. The van der Waals surface area contributed by atoms with Crippen molar-refractivity contribution in [3.05, 3.63) is 48.6 Å². The van der Waals surface area contributed by atoms with Crippen LogP contribution in [0.25, 0.3) is 0 Å². The molecule has 0 heterocycles. The number of ether oxygens (including phenoxy) is 3. The Morgan fingerprint density at radius 3 is 1.24 bits per heavy atom. The number of carbonyl (C=O) groups is 2. The lowest BCUT2D eigenvalue weighted by Crippen LogP contribution is -2.30. The van der Waals surface area contributed by atoms with Gasteiger partial charge in [0, 0.05) is 19.4 Å². The Balaban J connectivity index is 4.29. The largest absolute Gasteiger partial charge is 0.462 e. The van der Waals surface area contributed by atoms with Crippen molar-refractivity contribution in [1.82, 2.24) is 0 Å². The quantitative estimate of drug-likeness (QED) is 0.0348. The molecule has 5 heteroatoms. The Morgan fingerprint density at radius 2 is 0.759 bits per heavy atom. The van der Waals surface area contributed by atoms with E-state index < -0.39 is 6.10 Å². The van der Waals surface area contributed by atoms with Crippen molar-refractivity contribution in [2.24, 2.45) is 0 Å². The van der Waals surface area contributed by atoms with Crippen molar-refractivity contribution in [3.8, 4) is 0 Å². The summed E-state index contributed by atoms with van der Waals surface area (Å²) in [5, 5.41) is 0. The molecule has 0 aliphatic carbocycles. The molecule has 0 aromatic rings. The molecule has 5 nitrogen and oxygen atoms in total. The normalized spacial score (nSPS) is 12.5. The van der Waals surface area contributed by atoms with Crippen LogP contribution in [-0.2, 0) is 23.8 Å². The summed E-state index contributed by atoms with van der Waals surface area (Å²) in [6, 6.07) is 0. The fraction of sp³-hybridized carbons (Fsp3) is 0.811. The molecule has 338 valence electrons. The SMILES string of the molecule is CCC/C=C\C/C=C\CCCCCCCCOCC(COC(=O)CCCCCCC/C=C\CCCCCCCC)OC(=O)CCCCCCC/C=C\CCCCCC. The molecule has 0 aromatic carbocycles. The summed E-state index contributed by atoms with van der Waals surface area (Å²) < 4.78 is 17.4. The smallest absolute Gasteiger partial charge is 0.306 e. The highest BCUT2D eigenvalue weighted by molar-refractivity contribution is 5.70. The van der Waals surface area contributed by atoms with E-state index in [0.29, 0.717) is 19.4 Å². The number of rotatable bonds is 46. The molecule has 0 N–H and O–H groups in total. The summed E-state index contributed by atoms with van der Waals surface area (Å²) in [6.07, 6.45) is 59.7. The van der Waals surface area contributed by atoms with E-state index >= 15 is 0 Å². The van der Waals surface area contributed by atoms with E-state index in [1.54, 1.807) is 0 Å². The first-order valence-corrected chi connectivity index (χ1v) is 25.2. The van der Waals surface area contributed by atoms with Crippen LogP contribution in [0, 0.1) is 0 Å². The lowest BCUT2D eigenvalue weighted by Gasteiger charge is -2.18. The number of hydrogen-bond donors (Lipinski definition) is 0. The van der Waals surface area contributed by atoms with Crippen LogP contribution in [0.5, 0.6) is 0 Å². The predicted molar refractivity (Wildman–Crippen MR) is 251 cm³/mol. The maximum atomic E-state index is 12.8. The van der Waals surface area contributed by atoms with E-state index in [4.69, 9.17) is 14.2 Å². The van der Waals surface area contributed by atoms with E-state index in [1.165, 1.54) is 148 Å². The molecular formula is C53H96O5. The topological polar surface area (TPSA) is 61.8 Å². The molecule has 1 unspecified atom stereocenters. The zero-order valence-corrected chi connectivity index (χ0v) is 38.8. The molecule has 58 heavy (non-hydrogen) atoms. The monoisotopic (exact) mass is 813 g/mol. The maximum absolute atomic E-state index is 12.8. The van der Waals surface area contributed by atoms with Gasteiger partial charge in [-0.2, -0.15) is 0 Å². The van der Waals surface area contributed by atoms with Crippen LogP contribution in [0.3, 0.4) is 0 Å². The lowest BCUT2D eigenvalue weighted by molar-refractivity contribution is -0.163. The van der Waals surface area contributed by atoms with Gasteiger partial charge in [0.15, 0.2) is 6.10 Å². The van der Waals surface area contributed by atoms with Gasteiger partial charge in [-0.15, -0.1) is 0 Å². The molecule has 0 saturated carbocycles. The highest BCUT2D eigenvalue weighted by Gasteiger charge is 2.17. The average molecular weight is 813 g/mol. The van der Waals surface area contributed by atoms with Gasteiger partial charge in [-0.3, -0.25) is 9.59 Å².